The first-order chi connectivity index (χ1) is 16.6. The van der Waals surface area contributed by atoms with E-state index >= 15 is 0 Å². The zero-order valence-corrected chi connectivity index (χ0v) is 21.4. The molecule has 2 aromatic rings. The molecule has 0 saturated heterocycles. The molecule has 192 valence electrons. The minimum atomic E-state index is -1.52. The maximum absolute atomic E-state index is 13.7. The summed E-state index contributed by atoms with van der Waals surface area (Å²) in [5.41, 5.74) is 0.470. The maximum Gasteiger partial charge on any atom is 0.329 e. The van der Waals surface area contributed by atoms with Crippen LogP contribution in [-0.2, 0) is 15.0 Å². The van der Waals surface area contributed by atoms with Crippen LogP contribution in [0.2, 0.25) is 0 Å². The van der Waals surface area contributed by atoms with E-state index in [0.717, 1.165) is 5.56 Å². The van der Waals surface area contributed by atoms with Gasteiger partial charge in [0, 0.05) is 23.6 Å². The molecule has 3 unspecified atom stereocenters. The number of Topliss-reactive ketones (excluding diaryl/α,β-unsaturated/α-hetero) is 1. The lowest BCUT2D eigenvalue weighted by atomic mass is 9.68. The smallest absolute Gasteiger partial charge is 0.329 e. The third kappa shape index (κ3) is 4.32. The molecule has 0 fully saturated rings. The fourth-order valence-electron chi connectivity index (χ4n) is 5.41. The van der Waals surface area contributed by atoms with E-state index in [1.807, 2.05) is 38.1 Å². The molecule has 1 aromatic heterocycles. The van der Waals surface area contributed by atoms with Gasteiger partial charge < -0.3 is 15.1 Å². The summed E-state index contributed by atoms with van der Waals surface area (Å²) in [5.74, 6) is -2.34. The minimum Gasteiger partial charge on any atom is -0.480 e. The Labute approximate surface area is 208 Å². The van der Waals surface area contributed by atoms with Crippen molar-refractivity contribution in [3.63, 3.8) is 0 Å². The van der Waals surface area contributed by atoms with Crippen LogP contribution in [0.15, 0.2) is 45.1 Å². The number of fused-ring (bicyclic) bond motifs is 1. The van der Waals surface area contributed by atoms with Crippen molar-refractivity contribution < 1.29 is 19.8 Å². The SMILES string of the molecule is CC(O)C(C(=O)O)N1C2=C(C(=O)CC(C)(C)C2)C(c2ccc(C(C)(C)C)cc2)c2c1[nH]c(=O)[nH]c2=O. The van der Waals surface area contributed by atoms with Crippen LogP contribution in [0.3, 0.4) is 0 Å². The molecule has 1 aromatic carbocycles. The average molecular weight is 496 g/mol. The lowest BCUT2D eigenvalue weighted by Gasteiger charge is -2.46. The summed E-state index contributed by atoms with van der Waals surface area (Å²) in [6.07, 6.45) is -0.816. The van der Waals surface area contributed by atoms with Crippen LogP contribution in [0, 0.1) is 5.41 Å². The average Bonchev–Trinajstić information content (AvgIpc) is 2.72. The second kappa shape index (κ2) is 8.58. The number of H-pyrrole nitrogens is 2. The van der Waals surface area contributed by atoms with E-state index in [-0.39, 0.29) is 29.0 Å². The van der Waals surface area contributed by atoms with Gasteiger partial charge >= 0.3 is 11.7 Å². The number of anilines is 1. The van der Waals surface area contributed by atoms with Crippen LogP contribution in [0.25, 0.3) is 0 Å². The number of allylic oxidation sites excluding steroid dienone is 2. The number of aliphatic hydroxyl groups excluding tert-OH is 1. The molecule has 9 nitrogen and oxygen atoms in total. The van der Waals surface area contributed by atoms with Crippen molar-refractivity contribution in [1.82, 2.24) is 9.97 Å². The molecule has 0 saturated carbocycles. The maximum atomic E-state index is 13.7. The fraction of sp³-hybridized carbons (Fsp3) is 0.481. The van der Waals surface area contributed by atoms with Crippen molar-refractivity contribution >= 4 is 17.6 Å². The van der Waals surface area contributed by atoms with E-state index in [0.29, 0.717) is 23.3 Å². The second-order valence-electron chi connectivity index (χ2n) is 11.7. The number of carboxylic acids is 1. The molecule has 0 amide bonds. The molecular formula is C27H33N3O6. The number of hydrogen-bond donors (Lipinski definition) is 4. The summed E-state index contributed by atoms with van der Waals surface area (Å²) in [7, 11) is 0. The van der Waals surface area contributed by atoms with E-state index in [1.165, 1.54) is 11.8 Å². The van der Waals surface area contributed by atoms with Gasteiger partial charge in [0.05, 0.1) is 11.7 Å². The lowest BCUT2D eigenvalue weighted by Crippen LogP contribution is -2.54. The lowest BCUT2D eigenvalue weighted by molar-refractivity contribution is -0.141. The molecule has 1 aliphatic carbocycles. The van der Waals surface area contributed by atoms with Crippen LogP contribution >= 0.6 is 0 Å². The number of nitrogens with one attached hydrogen (secondary N) is 2. The Balaban J connectivity index is 2.09. The summed E-state index contributed by atoms with van der Waals surface area (Å²) in [4.78, 5) is 57.8. The van der Waals surface area contributed by atoms with Crippen molar-refractivity contribution in [2.24, 2.45) is 5.41 Å². The Morgan fingerprint density at radius 1 is 1.08 bits per heavy atom. The quantitative estimate of drug-likeness (QED) is 0.511. The Hall–Kier alpha value is -3.46. The molecule has 0 bridgehead atoms. The number of aliphatic carboxylic acids is 1. The molecule has 9 heteroatoms. The fourth-order valence-corrected chi connectivity index (χ4v) is 5.41. The highest BCUT2D eigenvalue weighted by Crippen LogP contribution is 2.50. The van der Waals surface area contributed by atoms with Crippen LogP contribution < -0.4 is 16.1 Å². The van der Waals surface area contributed by atoms with E-state index in [2.05, 4.69) is 30.7 Å². The Morgan fingerprint density at radius 3 is 2.22 bits per heavy atom. The predicted octanol–water partition coefficient (Wildman–Crippen LogP) is 2.79. The molecule has 0 spiro atoms. The van der Waals surface area contributed by atoms with Gasteiger partial charge in [-0.15, -0.1) is 0 Å². The highest BCUT2D eigenvalue weighted by atomic mass is 16.4. The monoisotopic (exact) mass is 495 g/mol. The van der Waals surface area contributed by atoms with Gasteiger partial charge in [0.15, 0.2) is 11.8 Å². The first-order valence-corrected chi connectivity index (χ1v) is 12.1. The zero-order valence-electron chi connectivity index (χ0n) is 21.4. The number of hydrogen-bond acceptors (Lipinski definition) is 6. The molecule has 0 radical (unpaired) electrons. The Bertz CT molecular complexity index is 1370. The summed E-state index contributed by atoms with van der Waals surface area (Å²) in [5, 5.41) is 20.5. The van der Waals surface area contributed by atoms with Gasteiger partial charge in [0.2, 0.25) is 0 Å². The minimum absolute atomic E-state index is 0.00815. The standard InChI is InChI=1S/C27H33N3O6/c1-13(31)21(24(34)35)30-16-11-27(5,6)12-17(32)19(16)18(20-22(30)28-25(36)29-23(20)33)14-7-9-15(10-8-14)26(2,3)4/h7-10,13,18,21,31H,11-12H2,1-6H3,(H,34,35)(H2,28,29,33,36). The predicted molar refractivity (Wildman–Crippen MR) is 135 cm³/mol. The largest absolute Gasteiger partial charge is 0.480 e. The molecule has 2 aliphatic rings. The molecule has 4 rings (SSSR count). The van der Waals surface area contributed by atoms with E-state index in [4.69, 9.17) is 0 Å². The van der Waals surface area contributed by atoms with Crippen molar-refractivity contribution in [3.05, 3.63) is 73.1 Å². The second-order valence-corrected chi connectivity index (χ2v) is 11.7. The molecule has 4 N–H and O–H groups in total. The topological polar surface area (TPSA) is 144 Å². The summed E-state index contributed by atoms with van der Waals surface area (Å²) >= 11 is 0. The normalized spacial score (nSPS) is 21.0. The van der Waals surface area contributed by atoms with Crippen LogP contribution in [-0.4, -0.2) is 44.1 Å². The van der Waals surface area contributed by atoms with Crippen LogP contribution in [0.4, 0.5) is 5.82 Å². The van der Waals surface area contributed by atoms with E-state index in [1.54, 1.807) is 0 Å². The van der Waals surface area contributed by atoms with Crippen LogP contribution in [0.1, 0.15) is 77.0 Å². The number of aromatic amines is 2. The number of carboxylic acid groups (broad SMARTS) is 1. The molecule has 3 atom stereocenters. The number of ketones is 1. The van der Waals surface area contributed by atoms with Crippen molar-refractivity contribution in [1.29, 1.82) is 0 Å². The van der Waals surface area contributed by atoms with Gasteiger partial charge in [-0.2, -0.15) is 0 Å². The highest BCUT2D eigenvalue weighted by molar-refractivity contribution is 6.02. The van der Waals surface area contributed by atoms with Gasteiger partial charge in [0.25, 0.3) is 5.56 Å². The number of aliphatic hydroxyl groups is 1. The number of nitrogens with zero attached hydrogens (tertiary/aromatic N) is 1. The van der Waals surface area contributed by atoms with Crippen molar-refractivity contribution in [2.75, 3.05) is 4.90 Å². The summed E-state index contributed by atoms with van der Waals surface area (Å²) < 4.78 is 0. The number of rotatable bonds is 4. The molecule has 36 heavy (non-hydrogen) atoms. The molecule has 1 aliphatic heterocycles. The van der Waals surface area contributed by atoms with Gasteiger partial charge in [-0.05, 0) is 35.3 Å². The van der Waals surface area contributed by atoms with Gasteiger partial charge in [-0.3, -0.25) is 19.6 Å². The molecular weight excluding hydrogens is 462 g/mol. The van der Waals surface area contributed by atoms with Crippen LogP contribution in [0.5, 0.6) is 0 Å². The van der Waals surface area contributed by atoms with Gasteiger partial charge in [-0.25, -0.2) is 9.59 Å². The van der Waals surface area contributed by atoms with E-state index < -0.39 is 40.7 Å². The summed E-state index contributed by atoms with van der Waals surface area (Å²) in [6, 6.07) is 6.13. The Morgan fingerprint density at radius 2 is 1.69 bits per heavy atom. The number of carbonyl (C=O) groups is 2. The number of carbonyl (C=O) groups excluding carboxylic acids is 1. The third-order valence-corrected chi connectivity index (χ3v) is 7.06. The summed E-state index contributed by atoms with van der Waals surface area (Å²) in [6.45, 7) is 11.4. The van der Waals surface area contributed by atoms with Crippen molar-refractivity contribution in [2.45, 2.75) is 77.9 Å². The van der Waals surface area contributed by atoms with Crippen molar-refractivity contribution in [3.8, 4) is 0 Å². The van der Waals surface area contributed by atoms with Gasteiger partial charge in [-0.1, -0.05) is 58.9 Å². The molecule has 2 heterocycles. The number of aromatic nitrogens is 2. The first-order valence-electron chi connectivity index (χ1n) is 12.1. The number of benzene rings is 1. The zero-order chi connectivity index (χ0) is 26.7. The Kier molecular flexibility index (Phi) is 6.11. The third-order valence-electron chi connectivity index (χ3n) is 7.06. The van der Waals surface area contributed by atoms with E-state index in [9.17, 15) is 29.4 Å². The van der Waals surface area contributed by atoms with Gasteiger partial charge in [0.1, 0.15) is 5.82 Å². The highest BCUT2D eigenvalue weighted by Gasteiger charge is 2.48. The first kappa shape index (κ1) is 25.6.